The Labute approximate surface area is 105 Å². The summed E-state index contributed by atoms with van der Waals surface area (Å²) in [6.07, 6.45) is 2.18. The summed E-state index contributed by atoms with van der Waals surface area (Å²) in [6, 6.07) is 0. The molecule has 17 heavy (non-hydrogen) atoms. The highest BCUT2D eigenvalue weighted by molar-refractivity contribution is 6.74. The lowest BCUT2D eigenvalue weighted by atomic mass is 10.2. The van der Waals surface area contributed by atoms with Crippen molar-refractivity contribution in [2.45, 2.75) is 51.4 Å². The van der Waals surface area contributed by atoms with E-state index in [0.29, 0.717) is 12.5 Å². The molecule has 0 aromatic carbocycles. The van der Waals surface area contributed by atoms with Crippen molar-refractivity contribution >= 4 is 14.3 Å². The molecule has 0 amide bonds. The number of esters is 1. The summed E-state index contributed by atoms with van der Waals surface area (Å²) < 4.78 is 11.2. The number of carbonyl (C=O) groups is 1. The number of hydrogen-bond acceptors (Lipinski definition) is 3. The van der Waals surface area contributed by atoms with Crippen LogP contribution in [0.3, 0.4) is 0 Å². The van der Waals surface area contributed by atoms with E-state index >= 15 is 0 Å². The lowest BCUT2D eigenvalue weighted by Crippen LogP contribution is -2.41. The van der Waals surface area contributed by atoms with Crippen molar-refractivity contribution < 1.29 is 14.0 Å². The van der Waals surface area contributed by atoms with Gasteiger partial charge < -0.3 is 9.16 Å². The Balaban J connectivity index is 2.30. The molecule has 2 atom stereocenters. The van der Waals surface area contributed by atoms with Crippen molar-refractivity contribution in [1.29, 1.82) is 0 Å². The number of rotatable bonds is 5. The Hall–Kier alpha value is -0.613. The predicted octanol–water partition coefficient (Wildman–Crippen LogP) is 3.13. The highest BCUT2D eigenvalue weighted by atomic mass is 28.4. The fraction of sp³-hybridized carbons (Fsp3) is 0.769. The van der Waals surface area contributed by atoms with E-state index in [1.54, 1.807) is 0 Å². The van der Waals surface area contributed by atoms with Gasteiger partial charge in [-0.2, -0.15) is 0 Å². The summed E-state index contributed by atoms with van der Waals surface area (Å²) in [6.45, 7) is 15.2. The monoisotopic (exact) mass is 256 g/mol. The van der Waals surface area contributed by atoms with Gasteiger partial charge in [0.25, 0.3) is 0 Å². The van der Waals surface area contributed by atoms with E-state index in [4.69, 9.17) is 9.16 Å². The molecule has 4 heteroatoms. The number of ether oxygens (including phenoxy) is 1. The maximum atomic E-state index is 11.0. The molecule has 2 unspecified atom stereocenters. The Morgan fingerprint density at radius 2 is 2.06 bits per heavy atom. The predicted molar refractivity (Wildman–Crippen MR) is 71.3 cm³/mol. The maximum absolute atomic E-state index is 11.0. The van der Waals surface area contributed by atoms with Gasteiger partial charge in [-0.15, -0.1) is 0 Å². The second-order valence-corrected chi connectivity index (χ2v) is 11.1. The molecular formula is C13H24O3Si. The summed E-state index contributed by atoms with van der Waals surface area (Å²) in [5, 5.41) is 0.231. The Kier molecular flexibility index (Phi) is 4.20. The first-order valence-electron chi connectivity index (χ1n) is 6.14. The van der Waals surface area contributed by atoms with Crippen LogP contribution in [0, 0.1) is 5.92 Å². The van der Waals surface area contributed by atoms with Gasteiger partial charge in [0.15, 0.2) is 8.32 Å². The van der Waals surface area contributed by atoms with E-state index in [-0.39, 0.29) is 17.1 Å². The zero-order chi connectivity index (χ0) is 13.3. The molecule has 1 saturated carbocycles. The summed E-state index contributed by atoms with van der Waals surface area (Å²) in [4.78, 5) is 11.0. The molecule has 0 radical (unpaired) electrons. The first-order valence-corrected chi connectivity index (χ1v) is 9.05. The smallest absolute Gasteiger partial charge is 0.330 e. The summed E-state index contributed by atoms with van der Waals surface area (Å²) in [5.41, 5.74) is 0. The molecule has 1 aliphatic carbocycles. The van der Waals surface area contributed by atoms with E-state index in [0.717, 1.165) is 6.42 Å². The van der Waals surface area contributed by atoms with Crippen LogP contribution in [-0.2, 0) is 14.0 Å². The maximum Gasteiger partial charge on any atom is 0.330 e. The molecule has 0 aliphatic heterocycles. The highest BCUT2D eigenvalue weighted by Crippen LogP contribution is 2.40. The first kappa shape index (κ1) is 14.4. The second-order valence-electron chi connectivity index (χ2n) is 6.25. The molecule has 98 valence electrons. The topological polar surface area (TPSA) is 35.5 Å². The fourth-order valence-corrected chi connectivity index (χ4v) is 2.33. The molecule has 0 saturated heterocycles. The zero-order valence-corrected chi connectivity index (χ0v) is 12.6. The molecular weight excluding hydrogens is 232 g/mol. The van der Waals surface area contributed by atoms with Gasteiger partial charge in [-0.25, -0.2) is 4.79 Å². The lowest BCUT2D eigenvalue weighted by molar-refractivity contribution is -0.139. The Morgan fingerprint density at radius 1 is 1.47 bits per heavy atom. The standard InChI is InChI=1S/C13H24O3Si/c1-7-12(14)16-11-8-10(11)9-15-17(5,6)13(2,3)4/h7,10-11H,1,8-9H2,2-6H3. The minimum atomic E-state index is -1.67. The molecule has 0 N–H and O–H groups in total. The SMILES string of the molecule is C=CC(=O)OC1CC1CO[Si](C)(C)C(C)(C)C. The van der Waals surface area contributed by atoms with E-state index in [1.807, 2.05) is 0 Å². The third-order valence-corrected chi connectivity index (χ3v) is 8.26. The van der Waals surface area contributed by atoms with Gasteiger partial charge in [-0.1, -0.05) is 27.4 Å². The van der Waals surface area contributed by atoms with Crippen LogP contribution in [0.1, 0.15) is 27.2 Å². The van der Waals surface area contributed by atoms with Gasteiger partial charge in [0, 0.05) is 18.6 Å². The average Bonchev–Trinajstić information content (AvgIpc) is 2.92. The van der Waals surface area contributed by atoms with Crippen LogP contribution < -0.4 is 0 Å². The molecule has 0 aromatic rings. The van der Waals surface area contributed by atoms with Gasteiger partial charge in [0.05, 0.1) is 0 Å². The van der Waals surface area contributed by atoms with Crippen LogP contribution in [0.25, 0.3) is 0 Å². The Morgan fingerprint density at radius 3 is 2.53 bits per heavy atom. The molecule has 0 aromatic heterocycles. The molecule has 0 heterocycles. The largest absolute Gasteiger partial charge is 0.459 e. The van der Waals surface area contributed by atoms with Gasteiger partial charge >= 0.3 is 5.97 Å². The average molecular weight is 256 g/mol. The van der Waals surface area contributed by atoms with Crippen molar-refractivity contribution in [2.75, 3.05) is 6.61 Å². The second kappa shape index (κ2) is 4.94. The minimum Gasteiger partial charge on any atom is -0.459 e. The van der Waals surface area contributed by atoms with Gasteiger partial charge in [-0.05, 0) is 24.6 Å². The molecule has 3 nitrogen and oxygen atoms in total. The van der Waals surface area contributed by atoms with Crippen molar-refractivity contribution in [2.24, 2.45) is 5.92 Å². The van der Waals surface area contributed by atoms with E-state index in [1.165, 1.54) is 6.08 Å². The van der Waals surface area contributed by atoms with Gasteiger partial charge in [-0.3, -0.25) is 0 Å². The minimum absolute atomic E-state index is 0.0465. The summed E-state index contributed by atoms with van der Waals surface area (Å²) in [7, 11) is -1.67. The fourth-order valence-electron chi connectivity index (χ4n) is 1.27. The van der Waals surface area contributed by atoms with E-state index in [9.17, 15) is 4.79 Å². The van der Waals surface area contributed by atoms with Crippen LogP contribution in [-0.4, -0.2) is 27.0 Å². The van der Waals surface area contributed by atoms with E-state index in [2.05, 4.69) is 40.4 Å². The summed E-state index contributed by atoms with van der Waals surface area (Å²) >= 11 is 0. The van der Waals surface area contributed by atoms with Crippen LogP contribution in [0.15, 0.2) is 12.7 Å². The molecule has 0 bridgehead atoms. The van der Waals surface area contributed by atoms with Crippen molar-refractivity contribution in [3.05, 3.63) is 12.7 Å². The van der Waals surface area contributed by atoms with Crippen molar-refractivity contribution in [3.63, 3.8) is 0 Å². The van der Waals surface area contributed by atoms with E-state index < -0.39 is 8.32 Å². The van der Waals surface area contributed by atoms with Gasteiger partial charge in [0.1, 0.15) is 6.10 Å². The molecule has 0 spiro atoms. The Bertz CT molecular complexity index is 304. The lowest BCUT2D eigenvalue weighted by Gasteiger charge is -2.36. The number of hydrogen-bond donors (Lipinski definition) is 0. The van der Waals surface area contributed by atoms with Crippen molar-refractivity contribution in [3.8, 4) is 0 Å². The third-order valence-electron chi connectivity index (χ3n) is 3.76. The molecule has 1 fully saturated rings. The third kappa shape index (κ3) is 3.96. The quantitative estimate of drug-likeness (QED) is 0.431. The van der Waals surface area contributed by atoms with Crippen LogP contribution in [0.5, 0.6) is 0 Å². The van der Waals surface area contributed by atoms with Gasteiger partial charge in [0.2, 0.25) is 0 Å². The van der Waals surface area contributed by atoms with Crippen LogP contribution in [0.4, 0.5) is 0 Å². The molecule has 1 rings (SSSR count). The van der Waals surface area contributed by atoms with Crippen LogP contribution >= 0.6 is 0 Å². The molecule has 1 aliphatic rings. The van der Waals surface area contributed by atoms with Crippen LogP contribution in [0.2, 0.25) is 18.1 Å². The highest BCUT2D eigenvalue weighted by Gasteiger charge is 2.44. The first-order chi connectivity index (χ1) is 7.67. The zero-order valence-electron chi connectivity index (χ0n) is 11.6. The summed E-state index contributed by atoms with van der Waals surface area (Å²) in [5.74, 6) is 0.0536. The van der Waals surface area contributed by atoms with Crippen molar-refractivity contribution in [1.82, 2.24) is 0 Å². The number of carbonyl (C=O) groups excluding carboxylic acids is 1. The normalized spacial score (nSPS) is 24.3.